The van der Waals surface area contributed by atoms with Gasteiger partial charge in [0.05, 0.1) is 5.41 Å². The minimum Gasteiger partial charge on any atom is -0.488 e. The molecule has 210 valence electrons. The van der Waals surface area contributed by atoms with E-state index in [9.17, 15) is 14.8 Å². The number of carbonyl (C=O) groups is 3. The van der Waals surface area contributed by atoms with Gasteiger partial charge in [-0.3, -0.25) is 19.6 Å². The Labute approximate surface area is 232 Å². The van der Waals surface area contributed by atoms with Crippen LogP contribution in [0.2, 0.25) is 0 Å². The molecule has 4 unspecified atom stereocenters. The van der Waals surface area contributed by atoms with Crippen LogP contribution in [0.4, 0.5) is 0 Å². The van der Waals surface area contributed by atoms with Crippen molar-refractivity contribution in [3.8, 4) is 0 Å². The van der Waals surface area contributed by atoms with Crippen molar-refractivity contribution in [2.24, 2.45) is 22.2 Å². The van der Waals surface area contributed by atoms with Gasteiger partial charge in [-0.15, -0.1) is 0 Å². The number of hydrogen-bond donors (Lipinski definition) is 1. The van der Waals surface area contributed by atoms with Gasteiger partial charge < -0.3 is 4.74 Å². The van der Waals surface area contributed by atoms with Gasteiger partial charge in [0, 0.05) is 17.6 Å². The Bertz CT molecular complexity index is 1270. The molecule has 0 amide bonds. The van der Waals surface area contributed by atoms with Crippen LogP contribution in [-0.2, 0) is 19.2 Å². The van der Waals surface area contributed by atoms with Crippen molar-refractivity contribution in [3.63, 3.8) is 0 Å². The maximum atomic E-state index is 15.1. The smallest absolute Gasteiger partial charge is 0.184 e. The molecule has 1 fully saturated rings. The molecule has 1 aliphatic heterocycles. The molecule has 1 aromatic carbocycles. The third-order valence-electron chi connectivity index (χ3n) is 9.38. The van der Waals surface area contributed by atoms with E-state index in [1.807, 2.05) is 53.7 Å². The summed E-state index contributed by atoms with van der Waals surface area (Å²) in [5.74, 6) is -1.16. The van der Waals surface area contributed by atoms with Crippen molar-refractivity contribution in [1.29, 1.82) is 0 Å². The highest BCUT2D eigenvalue weighted by atomic mass is 17.1. The van der Waals surface area contributed by atoms with Crippen LogP contribution in [-0.4, -0.2) is 34.3 Å². The summed E-state index contributed by atoms with van der Waals surface area (Å²) in [7, 11) is 0. The summed E-state index contributed by atoms with van der Waals surface area (Å²) >= 11 is 0. The minimum atomic E-state index is -1.94. The van der Waals surface area contributed by atoms with E-state index < -0.39 is 39.5 Å². The van der Waals surface area contributed by atoms with E-state index in [1.165, 1.54) is 0 Å². The predicted molar refractivity (Wildman–Crippen MR) is 150 cm³/mol. The molecule has 1 aromatic rings. The van der Waals surface area contributed by atoms with Crippen molar-refractivity contribution in [2.45, 2.75) is 92.8 Å². The van der Waals surface area contributed by atoms with E-state index in [1.54, 1.807) is 38.1 Å². The highest BCUT2D eigenvalue weighted by Gasteiger charge is 2.76. The Morgan fingerprint density at radius 2 is 1.64 bits per heavy atom. The zero-order valence-electron chi connectivity index (χ0n) is 24.5. The van der Waals surface area contributed by atoms with Crippen LogP contribution < -0.4 is 0 Å². The zero-order valence-corrected chi connectivity index (χ0v) is 24.5. The Morgan fingerprint density at radius 1 is 1.03 bits per heavy atom. The largest absolute Gasteiger partial charge is 0.488 e. The quantitative estimate of drug-likeness (QED) is 0.132. The first-order chi connectivity index (χ1) is 18.2. The standard InChI is InChI=1S/C33H42O6/c1-20(2)14-15-23-19-32(17-16-21(3)4)28-24(18-25(39-37)31(7,8)38-28)27(35)33(29(32)36,30(23,5)6)26(34)22-12-10-9-11-13-22/h9-14,16,23,25,37H,15,17-19H2,1-8H3. The maximum Gasteiger partial charge on any atom is 0.184 e. The molecule has 4 atom stereocenters. The number of ether oxygens (including phenoxy) is 1. The average molecular weight is 535 g/mol. The van der Waals surface area contributed by atoms with Crippen molar-refractivity contribution in [2.75, 3.05) is 0 Å². The van der Waals surface area contributed by atoms with E-state index in [4.69, 9.17) is 9.62 Å². The lowest BCUT2D eigenvalue weighted by atomic mass is 9.39. The Morgan fingerprint density at radius 3 is 2.21 bits per heavy atom. The third kappa shape index (κ3) is 4.27. The Hall–Kier alpha value is -2.83. The summed E-state index contributed by atoms with van der Waals surface area (Å²) in [5, 5.41) is 9.75. The highest BCUT2D eigenvalue weighted by Crippen LogP contribution is 2.67. The number of benzene rings is 1. The fraction of sp³-hybridized carbons (Fsp3) is 0.545. The number of rotatable bonds is 7. The van der Waals surface area contributed by atoms with Crippen LogP contribution in [0.3, 0.4) is 0 Å². The summed E-state index contributed by atoms with van der Waals surface area (Å²) in [6.45, 7) is 15.4. The molecule has 6 heteroatoms. The monoisotopic (exact) mass is 534 g/mol. The molecule has 1 saturated carbocycles. The Balaban J connectivity index is 2.10. The lowest BCUT2D eigenvalue weighted by molar-refractivity contribution is -0.317. The zero-order chi connectivity index (χ0) is 29.0. The number of ketones is 3. The molecule has 4 rings (SSSR count). The molecule has 0 aromatic heterocycles. The van der Waals surface area contributed by atoms with Crippen molar-refractivity contribution in [1.82, 2.24) is 0 Å². The normalized spacial score (nSPS) is 30.7. The van der Waals surface area contributed by atoms with Gasteiger partial charge in [0.15, 0.2) is 22.8 Å². The predicted octanol–water partition coefficient (Wildman–Crippen LogP) is 7.06. The molecule has 0 radical (unpaired) electrons. The highest BCUT2D eigenvalue weighted by molar-refractivity contribution is 6.36. The van der Waals surface area contributed by atoms with E-state index in [0.717, 1.165) is 11.1 Å². The molecule has 0 saturated heterocycles. The van der Waals surface area contributed by atoms with Crippen LogP contribution in [0, 0.1) is 22.2 Å². The topological polar surface area (TPSA) is 89.9 Å². The molecule has 2 bridgehead atoms. The van der Waals surface area contributed by atoms with Crippen molar-refractivity contribution < 1.29 is 29.3 Å². The van der Waals surface area contributed by atoms with E-state index in [2.05, 4.69) is 6.08 Å². The van der Waals surface area contributed by atoms with Crippen LogP contribution >= 0.6 is 0 Å². The summed E-state index contributed by atoms with van der Waals surface area (Å²) in [4.78, 5) is 49.4. The van der Waals surface area contributed by atoms with Gasteiger partial charge in [0.25, 0.3) is 0 Å². The molecule has 1 heterocycles. The summed E-state index contributed by atoms with van der Waals surface area (Å²) in [5.41, 5.74) is -2.32. The minimum absolute atomic E-state index is 0.0556. The van der Waals surface area contributed by atoms with Gasteiger partial charge in [-0.2, -0.15) is 0 Å². The van der Waals surface area contributed by atoms with Crippen molar-refractivity contribution >= 4 is 17.3 Å². The first-order valence-corrected chi connectivity index (χ1v) is 13.9. The second-order valence-electron chi connectivity index (χ2n) is 13.1. The van der Waals surface area contributed by atoms with Gasteiger partial charge in [-0.1, -0.05) is 67.5 Å². The molecular formula is C33H42O6. The van der Waals surface area contributed by atoms with Gasteiger partial charge in [0.2, 0.25) is 0 Å². The number of allylic oxidation sites excluding steroid dienone is 5. The summed E-state index contributed by atoms with van der Waals surface area (Å²) < 4.78 is 6.51. The Kier molecular flexibility index (Phi) is 7.46. The van der Waals surface area contributed by atoms with Gasteiger partial charge >= 0.3 is 0 Å². The van der Waals surface area contributed by atoms with Crippen molar-refractivity contribution in [3.05, 3.63) is 70.5 Å². The second kappa shape index (κ2) is 9.97. The van der Waals surface area contributed by atoms with Gasteiger partial charge in [-0.05, 0) is 72.1 Å². The van der Waals surface area contributed by atoms with E-state index in [0.29, 0.717) is 30.6 Å². The average Bonchev–Trinajstić information content (AvgIpc) is 2.86. The van der Waals surface area contributed by atoms with Crippen LogP contribution in [0.5, 0.6) is 0 Å². The van der Waals surface area contributed by atoms with E-state index >= 15 is 4.79 Å². The molecule has 3 aliphatic rings. The molecule has 0 spiro atoms. The number of Topliss-reactive ketones (excluding diaryl/α,β-unsaturated/α-hetero) is 3. The molecule has 2 aliphatic carbocycles. The number of carbonyl (C=O) groups excluding carboxylic acids is 3. The maximum absolute atomic E-state index is 15.1. The molecular weight excluding hydrogens is 492 g/mol. The van der Waals surface area contributed by atoms with E-state index in [-0.39, 0.29) is 23.7 Å². The number of fused-ring (bicyclic) bond motifs is 3. The fourth-order valence-electron chi connectivity index (χ4n) is 6.91. The third-order valence-corrected chi connectivity index (χ3v) is 9.38. The lowest BCUT2D eigenvalue weighted by Crippen LogP contribution is -2.71. The fourth-order valence-corrected chi connectivity index (χ4v) is 6.91. The number of hydrogen-bond acceptors (Lipinski definition) is 6. The summed E-state index contributed by atoms with van der Waals surface area (Å²) in [6.07, 6.45) is 4.77. The summed E-state index contributed by atoms with van der Waals surface area (Å²) in [6, 6.07) is 8.66. The van der Waals surface area contributed by atoms with Crippen LogP contribution in [0.1, 0.15) is 91.4 Å². The van der Waals surface area contributed by atoms with Crippen LogP contribution in [0.25, 0.3) is 0 Å². The second-order valence-corrected chi connectivity index (χ2v) is 13.1. The first kappa shape index (κ1) is 29.2. The van der Waals surface area contributed by atoms with Gasteiger partial charge in [0.1, 0.15) is 17.5 Å². The van der Waals surface area contributed by atoms with Crippen LogP contribution in [0.15, 0.2) is 65.0 Å². The molecule has 39 heavy (non-hydrogen) atoms. The SMILES string of the molecule is CC(C)=CCC1CC2(CC=C(C)C)C(=O)C(C(=O)c3ccccc3)(C(=O)C3=C2OC(C)(C)C(OO)C3)C1(C)C. The van der Waals surface area contributed by atoms with Gasteiger partial charge in [-0.25, -0.2) is 4.89 Å². The molecule has 6 nitrogen and oxygen atoms in total. The lowest BCUT2D eigenvalue weighted by Gasteiger charge is -2.61. The molecule has 1 N–H and O–H groups in total. The first-order valence-electron chi connectivity index (χ1n) is 13.9.